The molecule has 1 heterocycles. The largest absolute Gasteiger partial charge is 0.484 e. The van der Waals surface area contributed by atoms with E-state index >= 15 is 0 Å². The number of benzene rings is 1. The standard InChI is InChI=1S/C17H17ClFN3O3S/c1-10(21-17(24)15-7-11(2)22-26-15)5-6-20-16(23)9-25-12-3-4-13(18)14(19)8-12/h3-4,7-8H,1,5-6,9H2,2H3,(H,20,23)(H,21,24). The maximum Gasteiger partial charge on any atom is 0.267 e. The lowest BCUT2D eigenvalue weighted by molar-refractivity contribution is -0.123. The van der Waals surface area contributed by atoms with Gasteiger partial charge in [-0.1, -0.05) is 18.2 Å². The minimum Gasteiger partial charge on any atom is -0.484 e. The Kier molecular flexibility index (Phi) is 7.11. The molecule has 0 aliphatic heterocycles. The van der Waals surface area contributed by atoms with Gasteiger partial charge in [0, 0.05) is 24.7 Å². The van der Waals surface area contributed by atoms with Crippen molar-refractivity contribution in [1.82, 2.24) is 15.0 Å². The molecule has 0 aliphatic rings. The molecule has 1 aromatic heterocycles. The van der Waals surface area contributed by atoms with Crippen LogP contribution in [-0.2, 0) is 4.79 Å². The minimum atomic E-state index is -0.618. The van der Waals surface area contributed by atoms with Crippen molar-refractivity contribution in [1.29, 1.82) is 0 Å². The van der Waals surface area contributed by atoms with Crippen molar-refractivity contribution in [3.8, 4) is 5.75 Å². The number of nitrogens with one attached hydrogen (secondary N) is 2. The summed E-state index contributed by atoms with van der Waals surface area (Å²) in [5.74, 6) is -1.07. The Labute approximate surface area is 159 Å². The first-order valence-corrected chi connectivity index (χ1v) is 8.77. The number of carbonyl (C=O) groups is 2. The fourth-order valence-electron chi connectivity index (χ4n) is 1.87. The van der Waals surface area contributed by atoms with Gasteiger partial charge in [-0.2, -0.15) is 4.37 Å². The van der Waals surface area contributed by atoms with Gasteiger partial charge in [-0.05, 0) is 36.7 Å². The number of halogens is 2. The number of amides is 2. The molecule has 2 rings (SSSR count). The molecule has 0 unspecified atom stereocenters. The Hall–Kier alpha value is -2.45. The van der Waals surface area contributed by atoms with Crippen molar-refractivity contribution >= 4 is 34.9 Å². The fraction of sp³-hybridized carbons (Fsp3) is 0.235. The maximum atomic E-state index is 13.3. The molecule has 138 valence electrons. The molecule has 6 nitrogen and oxygen atoms in total. The number of rotatable bonds is 8. The summed E-state index contributed by atoms with van der Waals surface area (Å²) in [6.45, 7) is 5.57. The molecule has 0 atom stereocenters. The van der Waals surface area contributed by atoms with Gasteiger partial charge in [0.25, 0.3) is 11.8 Å². The predicted molar refractivity (Wildman–Crippen MR) is 98.0 cm³/mol. The molecule has 0 spiro atoms. The highest BCUT2D eigenvalue weighted by atomic mass is 35.5. The molecule has 26 heavy (non-hydrogen) atoms. The fourth-order valence-corrected chi connectivity index (χ4v) is 2.64. The van der Waals surface area contributed by atoms with Gasteiger partial charge < -0.3 is 15.4 Å². The summed E-state index contributed by atoms with van der Waals surface area (Å²) in [4.78, 5) is 24.1. The van der Waals surface area contributed by atoms with Crippen molar-refractivity contribution in [3.63, 3.8) is 0 Å². The summed E-state index contributed by atoms with van der Waals surface area (Å²) in [7, 11) is 0. The second kappa shape index (κ2) is 9.30. The maximum absolute atomic E-state index is 13.3. The zero-order chi connectivity index (χ0) is 19.1. The third kappa shape index (κ3) is 6.12. The van der Waals surface area contributed by atoms with Crippen LogP contribution < -0.4 is 15.4 Å². The number of ether oxygens (including phenoxy) is 1. The highest BCUT2D eigenvalue weighted by Gasteiger charge is 2.10. The summed E-state index contributed by atoms with van der Waals surface area (Å²) in [6.07, 6.45) is 0.366. The molecule has 9 heteroatoms. The van der Waals surface area contributed by atoms with Crippen LogP contribution in [0.5, 0.6) is 5.75 Å². The Balaban J connectivity index is 1.66. The van der Waals surface area contributed by atoms with E-state index in [0.717, 1.165) is 23.3 Å². The summed E-state index contributed by atoms with van der Waals surface area (Å²) in [5, 5.41) is 5.26. The van der Waals surface area contributed by atoms with Crippen LogP contribution in [0.4, 0.5) is 4.39 Å². The molecular formula is C17H17ClFN3O3S. The highest BCUT2D eigenvalue weighted by Crippen LogP contribution is 2.20. The molecule has 2 aromatic rings. The number of carbonyl (C=O) groups excluding carboxylic acids is 2. The number of aromatic nitrogens is 1. The smallest absolute Gasteiger partial charge is 0.267 e. The van der Waals surface area contributed by atoms with Crippen molar-refractivity contribution in [2.24, 2.45) is 0 Å². The average Bonchev–Trinajstić information content (AvgIpc) is 3.02. The van der Waals surface area contributed by atoms with Gasteiger partial charge in [0.1, 0.15) is 16.4 Å². The first-order chi connectivity index (χ1) is 12.3. The van der Waals surface area contributed by atoms with Crippen LogP contribution in [0.25, 0.3) is 0 Å². The topological polar surface area (TPSA) is 80.3 Å². The van der Waals surface area contributed by atoms with Crippen LogP contribution in [0.2, 0.25) is 5.02 Å². The van der Waals surface area contributed by atoms with Gasteiger partial charge in [0.05, 0.1) is 10.7 Å². The van der Waals surface area contributed by atoms with E-state index in [4.69, 9.17) is 16.3 Å². The third-order valence-corrected chi connectivity index (χ3v) is 4.34. The monoisotopic (exact) mass is 397 g/mol. The Morgan fingerprint density at radius 2 is 2.15 bits per heavy atom. The van der Waals surface area contributed by atoms with E-state index in [-0.39, 0.29) is 35.7 Å². The number of aryl methyl sites for hydroxylation is 1. The second-order valence-corrected chi connectivity index (χ2v) is 6.57. The van der Waals surface area contributed by atoms with E-state index < -0.39 is 5.82 Å². The lowest BCUT2D eigenvalue weighted by Gasteiger charge is -2.10. The zero-order valence-corrected chi connectivity index (χ0v) is 15.5. The van der Waals surface area contributed by atoms with E-state index in [2.05, 4.69) is 21.6 Å². The molecule has 2 amide bonds. The summed E-state index contributed by atoms with van der Waals surface area (Å²) >= 11 is 6.68. The van der Waals surface area contributed by atoms with E-state index in [1.807, 2.05) is 0 Å². The molecule has 0 fully saturated rings. The zero-order valence-electron chi connectivity index (χ0n) is 14.0. The Bertz CT molecular complexity index is 825. The molecule has 0 radical (unpaired) electrons. The van der Waals surface area contributed by atoms with Crippen LogP contribution in [-0.4, -0.2) is 29.3 Å². The first kappa shape index (κ1) is 19.9. The average molecular weight is 398 g/mol. The molecule has 2 N–H and O–H groups in total. The first-order valence-electron chi connectivity index (χ1n) is 7.62. The van der Waals surface area contributed by atoms with Gasteiger partial charge in [-0.3, -0.25) is 9.59 Å². The summed E-state index contributed by atoms with van der Waals surface area (Å²) < 4.78 is 22.5. The molecule has 0 saturated heterocycles. The summed E-state index contributed by atoms with van der Waals surface area (Å²) in [6, 6.07) is 5.61. The van der Waals surface area contributed by atoms with Crippen LogP contribution in [0, 0.1) is 12.7 Å². The van der Waals surface area contributed by atoms with Gasteiger partial charge in [0.2, 0.25) is 0 Å². The number of hydrogen-bond donors (Lipinski definition) is 2. The van der Waals surface area contributed by atoms with E-state index in [1.165, 1.54) is 12.1 Å². The molecule has 0 saturated carbocycles. The van der Waals surface area contributed by atoms with Crippen LogP contribution in [0.1, 0.15) is 21.8 Å². The summed E-state index contributed by atoms with van der Waals surface area (Å²) in [5.41, 5.74) is 1.25. The van der Waals surface area contributed by atoms with Crippen molar-refractivity contribution < 1.29 is 18.7 Å². The predicted octanol–water partition coefficient (Wildman–Crippen LogP) is 3.07. The van der Waals surface area contributed by atoms with Gasteiger partial charge in [-0.15, -0.1) is 0 Å². The number of nitrogens with zero attached hydrogens (tertiary/aromatic N) is 1. The van der Waals surface area contributed by atoms with Gasteiger partial charge in [0.15, 0.2) is 6.61 Å². The molecule has 0 aliphatic carbocycles. The van der Waals surface area contributed by atoms with Crippen molar-refractivity contribution in [2.45, 2.75) is 13.3 Å². The molecular weight excluding hydrogens is 381 g/mol. The quantitative estimate of drug-likeness (QED) is 0.717. The highest BCUT2D eigenvalue weighted by molar-refractivity contribution is 7.08. The third-order valence-electron chi connectivity index (χ3n) is 3.15. The van der Waals surface area contributed by atoms with Crippen LogP contribution in [0.15, 0.2) is 36.5 Å². The second-order valence-electron chi connectivity index (χ2n) is 5.35. The van der Waals surface area contributed by atoms with E-state index in [9.17, 15) is 14.0 Å². The van der Waals surface area contributed by atoms with E-state index in [0.29, 0.717) is 17.0 Å². The van der Waals surface area contributed by atoms with Crippen LogP contribution in [0.3, 0.4) is 0 Å². The lowest BCUT2D eigenvalue weighted by atomic mass is 10.3. The van der Waals surface area contributed by atoms with Crippen LogP contribution >= 0.6 is 23.1 Å². The number of hydrogen-bond acceptors (Lipinski definition) is 5. The van der Waals surface area contributed by atoms with Crippen molar-refractivity contribution in [3.05, 3.63) is 58.0 Å². The van der Waals surface area contributed by atoms with Gasteiger partial charge >= 0.3 is 0 Å². The lowest BCUT2D eigenvalue weighted by Crippen LogP contribution is -2.31. The van der Waals surface area contributed by atoms with Crippen molar-refractivity contribution in [2.75, 3.05) is 13.2 Å². The Morgan fingerprint density at radius 3 is 2.81 bits per heavy atom. The molecule has 1 aromatic carbocycles. The normalized spacial score (nSPS) is 10.3. The minimum absolute atomic E-state index is 0.0177. The van der Waals surface area contributed by atoms with Gasteiger partial charge in [-0.25, -0.2) is 4.39 Å². The Morgan fingerprint density at radius 1 is 1.38 bits per heavy atom. The SMILES string of the molecule is C=C(CCNC(=O)COc1ccc(Cl)c(F)c1)NC(=O)c1cc(C)ns1. The van der Waals surface area contributed by atoms with E-state index in [1.54, 1.807) is 13.0 Å². The molecule has 0 bridgehead atoms.